The first-order valence-electron chi connectivity index (χ1n) is 7.90. The minimum Gasteiger partial charge on any atom is -0.493 e. The van der Waals surface area contributed by atoms with Gasteiger partial charge in [-0.3, -0.25) is 4.99 Å². The van der Waals surface area contributed by atoms with Crippen LogP contribution in [0.15, 0.2) is 29.3 Å². The highest BCUT2D eigenvalue weighted by atomic mass is 127. The molecule has 1 aromatic rings. The highest BCUT2D eigenvalue weighted by Gasteiger charge is 2.17. The fraction of sp³-hybridized carbons (Fsp3) is 0.588. The van der Waals surface area contributed by atoms with Crippen LogP contribution in [-0.2, 0) is 0 Å². The Labute approximate surface area is 151 Å². The van der Waals surface area contributed by atoms with Crippen LogP contribution < -0.4 is 10.5 Å². The number of hydrogen-bond acceptors (Lipinski definition) is 2. The van der Waals surface area contributed by atoms with Gasteiger partial charge in [-0.15, -0.1) is 24.0 Å². The zero-order valence-corrected chi connectivity index (χ0v) is 16.0. The largest absolute Gasteiger partial charge is 0.493 e. The lowest BCUT2D eigenvalue weighted by Crippen LogP contribution is -2.43. The van der Waals surface area contributed by atoms with E-state index >= 15 is 0 Å². The molecular formula is C17H28IN3O. The normalized spacial score (nSPS) is 18.7. The van der Waals surface area contributed by atoms with Gasteiger partial charge in [0.2, 0.25) is 0 Å². The van der Waals surface area contributed by atoms with Crippen molar-refractivity contribution in [3.8, 4) is 5.75 Å². The van der Waals surface area contributed by atoms with Crippen molar-refractivity contribution in [3.05, 3.63) is 29.8 Å². The molecule has 0 aromatic heterocycles. The maximum absolute atomic E-state index is 6.06. The first-order chi connectivity index (χ1) is 10.2. The Balaban J connectivity index is 0.00000242. The predicted molar refractivity (Wildman–Crippen MR) is 103 cm³/mol. The van der Waals surface area contributed by atoms with Crippen molar-refractivity contribution in [2.45, 2.75) is 33.1 Å². The van der Waals surface area contributed by atoms with Crippen LogP contribution in [-0.4, -0.2) is 37.1 Å². The van der Waals surface area contributed by atoms with E-state index in [1.54, 1.807) is 0 Å². The van der Waals surface area contributed by atoms with Gasteiger partial charge in [0.15, 0.2) is 5.96 Å². The van der Waals surface area contributed by atoms with Crippen molar-refractivity contribution in [2.24, 2.45) is 16.6 Å². The van der Waals surface area contributed by atoms with E-state index in [4.69, 9.17) is 10.5 Å². The Bertz CT molecular complexity index is 479. The quantitative estimate of drug-likeness (QED) is 0.346. The zero-order valence-electron chi connectivity index (χ0n) is 13.6. The third-order valence-electron chi connectivity index (χ3n) is 3.91. The van der Waals surface area contributed by atoms with Crippen molar-refractivity contribution in [2.75, 3.05) is 26.2 Å². The first-order valence-corrected chi connectivity index (χ1v) is 7.90. The number of likely N-dealkylation sites (tertiary alicyclic amines) is 1. The highest BCUT2D eigenvalue weighted by molar-refractivity contribution is 14.0. The molecule has 1 saturated heterocycles. The number of benzene rings is 1. The molecule has 124 valence electrons. The summed E-state index contributed by atoms with van der Waals surface area (Å²) < 4.78 is 5.76. The van der Waals surface area contributed by atoms with E-state index < -0.39 is 0 Å². The first kappa shape index (κ1) is 19.1. The Morgan fingerprint density at radius 2 is 2.18 bits per heavy atom. The lowest BCUT2D eigenvalue weighted by Gasteiger charge is -2.31. The van der Waals surface area contributed by atoms with Crippen LogP contribution >= 0.6 is 24.0 Å². The van der Waals surface area contributed by atoms with E-state index in [1.807, 2.05) is 18.2 Å². The second-order valence-corrected chi connectivity index (χ2v) is 5.90. The van der Waals surface area contributed by atoms with Crippen LogP contribution in [0.5, 0.6) is 5.75 Å². The van der Waals surface area contributed by atoms with Crippen molar-refractivity contribution in [1.29, 1.82) is 0 Å². The van der Waals surface area contributed by atoms with Crippen molar-refractivity contribution in [1.82, 2.24) is 4.90 Å². The number of guanidine groups is 1. The topological polar surface area (TPSA) is 50.9 Å². The number of piperidine rings is 1. The summed E-state index contributed by atoms with van der Waals surface area (Å²) in [7, 11) is 0. The van der Waals surface area contributed by atoms with Gasteiger partial charge in [-0.1, -0.05) is 25.1 Å². The number of rotatable bonds is 5. The standard InChI is InChI=1S/C17H27N3O.HI/c1-14-7-5-11-20(13-14)17(18)19-10-6-12-21-16-9-4-3-8-15(16)2;/h3-4,8-9,14H,5-7,10-13H2,1-2H3,(H2,18,19);1H. The van der Waals surface area contributed by atoms with Crippen molar-refractivity contribution in [3.63, 3.8) is 0 Å². The van der Waals surface area contributed by atoms with Gasteiger partial charge in [0.05, 0.1) is 6.61 Å². The zero-order chi connectivity index (χ0) is 15.1. The summed E-state index contributed by atoms with van der Waals surface area (Å²) in [5, 5.41) is 0. The van der Waals surface area contributed by atoms with E-state index in [-0.39, 0.29) is 24.0 Å². The Morgan fingerprint density at radius 3 is 2.91 bits per heavy atom. The lowest BCUT2D eigenvalue weighted by atomic mass is 10.0. The summed E-state index contributed by atoms with van der Waals surface area (Å²) in [6, 6.07) is 8.08. The van der Waals surface area contributed by atoms with Crippen LogP contribution in [0.4, 0.5) is 0 Å². The average Bonchev–Trinajstić information content (AvgIpc) is 2.48. The maximum Gasteiger partial charge on any atom is 0.191 e. The maximum atomic E-state index is 6.06. The molecule has 0 aliphatic carbocycles. The summed E-state index contributed by atoms with van der Waals surface area (Å²) in [4.78, 5) is 6.68. The molecule has 1 aromatic carbocycles. The molecule has 0 saturated carbocycles. The summed E-state index contributed by atoms with van der Waals surface area (Å²) in [5.74, 6) is 2.37. The Kier molecular flexibility index (Phi) is 8.60. The summed E-state index contributed by atoms with van der Waals surface area (Å²) >= 11 is 0. The molecular weight excluding hydrogens is 389 g/mol. The molecule has 2 N–H and O–H groups in total. The van der Waals surface area contributed by atoms with E-state index in [0.29, 0.717) is 12.6 Å². The third kappa shape index (κ3) is 6.02. The molecule has 0 amide bonds. The molecule has 1 atom stereocenters. The van der Waals surface area contributed by atoms with Crippen molar-refractivity contribution >= 4 is 29.9 Å². The van der Waals surface area contributed by atoms with E-state index in [9.17, 15) is 0 Å². The van der Waals surface area contributed by atoms with Crippen LogP contribution in [0.3, 0.4) is 0 Å². The second kappa shape index (κ2) is 9.92. The number of halogens is 1. The van der Waals surface area contributed by atoms with Crippen LogP contribution in [0.1, 0.15) is 31.7 Å². The van der Waals surface area contributed by atoms with Crippen LogP contribution in [0, 0.1) is 12.8 Å². The molecule has 4 nitrogen and oxygen atoms in total. The van der Waals surface area contributed by atoms with Gasteiger partial charge in [0.25, 0.3) is 0 Å². The molecule has 0 bridgehead atoms. The minimum absolute atomic E-state index is 0. The van der Waals surface area contributed by atoms with E-state index in [1.165, 1.54) is 18.4 Å². The molecule has 1 fully saturated rings. The predicted octanol–water partition coefficient (Wildman–Crippen LogP) is 3.43. The molecule has 2 rings (SSSR count). The molecule has 0 spiro atoms. The van der Waals surface area contributed by atoms with Gasteiger partial charge in [-0.25, -0.2) is 0 Å². The number of nitrogens with zero attached hydrogens (tertiary/aromatic N) is 2. The van der Waals surface area contributed by atoms with Gasteiger partial charge in [-0.05, 0) is 37.3 Å². The number of hydrogen-bond donors (Lipinski definition) is 1. The van der Waals surface area contributed by atoms with Crippen LogP contribution in [0.25, 0.3) is 0 Å². The lowest BCUT2D eigenvalue weighted by molar-refractivity contribution is 0.269. The number of aryl methyl sites for hydroxylation is 1. The molecule has 1 heterocycles. The summed E-state index contributed by atoms with van der Waals surface area (Å²) in [6.45, 7) is 7.81. The number of nitrogens with two attached hydrogens (primary N) is 1. The third-order valence-corrected chi connectivity index (χ3v) is 3.91. The number of ether oxygens (including phenoxy) is 1. The molecule has 1 aliphatic rings. The smallest absolute Gasteiger partial charge is 0.191 e. The second-order valence-electron chi connectivity index (χ2n) is 5.90. The van der Waals surface area contributed by atoms with Crippen molar-refractivity contribution < 1.29 is 4.74 Å². The minimum atomic E-state index is 0. The van der Waals surface area contributed by atoms with Gasteiger partial charge >= 0.3 is 0 Å². The molecule has 22 heavy (non-hydrogen) atoms. The SMILES string of the molecule is Cc1ccccc1OCCCN=C(N)N1CCCC(C)C1.I. The van der Waals surface area contributed by atoms with E-state index in [2.05, 4.69) is 29.8 Å². The Hall–Kier alpha value is -0.980. The van der Waals surface area contributed by atoms with Gasteiger partial charge < -0.3 is 15.4 Å². The number of para-hydroxylation sites is 1. The fourth-order valence-corrected chi connectivity index (χ4v) is 2.66. The molecule has 1 unspecified atom stereocenters. The molecule has 1 aliphatic heterocycles. The van der Waals surface area contributed by atoms with Gasteiger partial charge in [0.1, 0.15) is 5.75 Å². The Morgan fingerprint density at radius 1 is 1.41 bits per heavy atom. The van der Waals surface area contributed by atoms with Crippen LogP contribution in [0.2, 0.25) is 0 Å². The van der Waals surface area contributed by atoms with Gasteiger partial charge in [0, 0.05) is 26.1 Å². The molecule has 0 radical (unpaired) electrons. The summed E-state index contributed by atoms with van der Waals surface area (Å²) in [5.41, 5.74) is 7.23. The highest BCUT2D eigenvalue weighted by Crippen LogP contribution is 2.16. The monoisotopic (exact) mass is 417 g/mol. The number of aliphatic imine (C=N–C) groups is 1. The molecule has 5 heteroatoms. The van der Waals surface area contributed by atoms with Gasteiger partial charge in [-0.2, -0.15) is 0 Å². The van der Waals surface area contributed by atoms with E-state index in [0.717, 1.165) is 37.7 Å². The fourth-order valence-electron chi connectivity index (χ4n) is 2.66. The summed E-state index contributed by atoms with van der Waals surface area (Å²) in [6.07, 6.45) is 3.40. The average molecular weight is 417 g/mol.